The van der Waals surface area contributed by atoms with Crippen molar-refractivity contribution in [1.82, 2.24) is 9.55 Å². The van der Waals surface area contributed by atoms with Gasteiger partial charge in [-0.25, -0.2) is 4.98 Å². The van der Waals surface area contributed by atoms with Gasteiger partial charge in [0.1, 0.15) is 16.4 Å². The molecule has 0 saturated heterocycles. The summed E-state index contributed by atoms with van der Waals surface area (Å²) < 4.78 is 7.69. The first-order chi connectivity index (χ1) is 13.5. The predicted octanol–water partition coefficient (Wildman–Crippen LogP) is 5.06. The maximum Gasteiger partial charge on any atom is 0.262 e. The second kappa shape index (κ2) is 8.08. The minimum absolute atomic E-state index is 0.147. The zero-order chi connectivity index (χ0) is 19.7. The average molecular weight is 397 g/mol. The highest BCUT2D eigenvalue weighted by Gasteiger charge is 2.23. The fraction of sp³-hybridized carbons (Fsp3) is 0.478. The van der Waals surface area contributed by atoms with E-state index in [0.29, 0.717) is 19.1 Å². The first kappa shape index (κ1) is 19.2. The van der Waals surface area contributed by atoms with Crippen LogP contribution in [0.1, 0.15) is 48.0 Å². The van der Waals surface area contributed by atoms with Crippen LogP contribution >= 0.6 is 11.3 Å². The van der Waals surface area contributed by atoms with Crippen LogP contribution in [0.5, 0.6) is 5.75 Å². The van der Waals surface area contributed by atoms with E-state index in [-0.39, 0.29) is 5.56 Å². The number of aromatic nitrogens is 2. The second-order valence-corrected chi connectivity index (χ2v) is 9.10. The highest BCUT2D eigenvalue weighted by atomic mass is 32.1. The molecule has 0 bridgehead atoms. The van der Waals surface area contributed by atoms with Crippen molar-refractivity contribution in [3.63, 3.8) is 0 Å². The Morgan fingerprint density at radius 1 is 1.29 bits per heavy atom. The smallest absolute Gasteiger partial charge is 0.262 e. The molecule has 1 aromatic carbocycles. The third-order valence-corrected chi connectivity index (χ3v) is 6.79. The molecule has 2 heterocycles. The minimum Gasteiger partial charge on any atom is -0.494 e. The zero-order valence-electron chi connectivity index (χ0n) is 17.0. The van der Waals surface area contributed by atoms with E-state index in [1.54, 1.807) is 11.3 Å². The largest absolute Gasteiger partial charge is 0.494 e. The molecule has 4 rings (SSSR count). The standard InChI is InChI=1S/C23H28N2O2S/c1-15-7-6-8-18(13-15)27-12-5-4-11-25-17(3)24-22-21(23(25)26)19-10-9-16(2)14-20(19)28-22/h6-8,13,16H,4-5,9-12,14H2,1-3H3. The van der Waals surface area contributed by atoms with Crippen molar-refractivity contribution in [2.24, 2.45) is 5.92 Å². The van der Waals surface area contributed by atoms with Gasteiger partial charge >= 0.3 is 0 Å². The maximum atomic E-state index is 13.2. The van der Waals surface area contributed by atoms with Crippen LogP contribution in [-0.2, 0) is 19.4 Å². The lowest BCUT2D eigenvalue weighted by molar-refractivity contribution is 0.302. The lowest BCUT2D eigenvalue weighted by Crippen LogP contribution is -2.24. The van der Waals surface area contributed by atoms with E-state index in [1.165, 1.54) is 22.4 Å². The molecule has 2 aromatic heterocycles. The Morgan fingerprint density at radius 2 is 2.14 bits per heavy atom. The molecule has 0 amide bonds. The minimum atomic E-state index is 0.147. The highest BCUT2D eigenvalue weighted by Crippen LogP contribution is 2.35. The number of benzene rings is 1. The zero-order valence-corrected chi connectivity index (χ0v) is 17.8. The van der Waals surface area contributed by atoms with Crippen LogP contribution < -0.4 is 10.3 Å². The van der Waals surface area contributed by atoms with Crippen LogP contribution in [0, 0.1) is 19.8 Å². The number of aryl methyl sites for hydroxylation is 3. The van der Waals surface area contributed by atoms with Gasteiger partial charge in [0, 0.05) is 11.4 Å². The van der Waals surface area contributed by atoms with Crippen LogP contribution in [-0.4, -0.2) is 16.2 Å². The topological polar surface area (TPSA) is 44.1 Å². The van der Waals surface area contributed by atoms with Gasteiger partial charge in [0.05, 0.1) is 12.0 Å². The van der Waals surface area contributed by atoms with Gasteiger partial charge in [0.25, 0.3) is 5.56 Å². The molecule has 0 spiro atoms. The number of nitrogens with zero attached hydrogens (tertiary/aromatic N) is 2. The Kier molecular flexibility index (Phi) is 5.54. The first-order valence-corrected chi connectivity index (χ1v) is 11.1. The van der Waals surface area contributed by atoms with Gasteiger partial charge in [-0.3, -0.25) is 9.36 Å². The van der Waals surface area contributed by atoms with Gasteiger partial charge in [-0.05, 0) is 75.1 Å². The summed E-state index contributed by atoms with van der Waals surface area (Å²) in [5.74, 6) is 2.44. The molecule has 0 radical (unpaired) electrons. The molecule has 28 heavy (non-hydrogen) atoms. The molecule has 0 fully saturated rings. The summed E-state index contributed by atoms with van der Waals surface area (Å²) in [6.45, 7) is 7.67. The molecule has 0 saturated carbocycles. The van der Waals surface area contributed by atoms with Crippen molar-refractivity contribution in [3.8, 4) is 5.75 Å². The second-order valence-electron chi connectivity index (χ2n) is 8.02. The molecule has 0 aliphatic heterocycles. The van der Waals surface area contributed by atoms with Crippen molar-refractivity contribution >= 4 is 21.6 Å². The van der Waals surface area contributed by atoms with Crippen LogP contribution in [0.3, 0.4) is 0 Å². The summed E-state index contributed by atoms with van der Waals surface area (Å²) in [4.78, 5) is 20.3. The molecule has 1 atom stereocenters. The van der Waals surface area contributed by atoms with Crippen molar-refractivity contribution in [3.05, 3.63) is 56.4 Å². The molecule has 1 unspecified atom stereocenters. The number of hydrogen-bond donors (Lipinski definition) is 0. The van der Waals surface area contributed by atoms with E-state index in [9.17, 15) is 4.79 Å². The monoisotopic (exact) mass is 396 g/mol. The number of ether oxygens (including phenoxy) is 1. The molecule has 148 valence electrons. The highest BCUT2D eigenvalue weighted by molar-refractivity contribution is 7.18. The maximum absolute atomic E-state index is 13.2. The number of rotatable bonds is 6. The summed E-state index contributed by atoms with van der Waals surface area (Å²) in [6, 6.07) is 8.11. The molecule has 4 nitrogen and oxygen atoms in total. The van der Waals surface area contributed by atoms with E-state index in [2.05, 4.69) is 19.9 Å². The predicted molar refractivity (Wildman–Crippen MR) is 116 cm³/mol. The van der Waals surface area contributed by atoms with Gasteiger partial charge < -0.3 is 4.74 Å². The fourth-order valence-corrected chi connectivity index (χ4v) is 5.47. The Morgan fingerprint density at radius 3 is 2.96 bits per heavy atom. The van der Waals surface area contributed by atoms with Gasteiger partial charge in [-0.1, -0.05) is 19.1 Å². The van der Waals surface area contributed by atoms with E-state index in [4.69, 9.17) is 9.72 Å². The van der Waals surface area contributed by atoms with E-state index in [0.717, 1.165) is 47.5 Å². The number of hydrogen-bond acceptors (Lipinski definition) is 4. The quantitative estimate of drug-likeness (QED) is 0.547. The molecule has 1 aliphatic carbocycles. The van der Waals surface area contributed by atoms with Crippen LogP contribution in [0.15, 0.2) is 29.1 Å². The van der Waals surface area contributed by atoms with Crippen molar-refractivity contribution in [1.29, 1.82) is 0 Å². The number of fused-ring (bicyclic) bond motifs is 3. The Hall–Kier alpha value is -2.14. The summed E-state index contributed by atoms with van der Waals surface area (Å²) in [5, 5.41) is 0.883. The Bertz CT molecular complexity index is 1050. The van der Waals surface area contributed by atoms with E-state index >= 15 is 0 Å². The molecule has 1 aliphatic rings. The molecule has 3 aromatic rings. The van der Waals surface area contributed by atoms with Gasteiger partial charge in [-0.2, -0.15) is 0 Å². The van der Waals surface area contributed by atoms with Crippen molar-refractivity contribution < 1.29 is 4.74 Å². The fourth-order valence-electron chi connectivity index (χ4n) is 4.06. The van der Waals surface area contributed by atoms with Crippen molar-refractivity contribution in [2.45, 2.75) is 59.4 Å². The summed E-state index contributed by atoms with van der Waals surface area (Å²) in [7, 11) is 0. The van der Waals surface area contributed by atoms with Gasteiger partial charge in [0.2, 0.25) is 0 Å². The molecular formula is C23H28N2O2S. The summed E-state index contributed by atoms with van der Waals surface area (Å²) in [5.41, 5.74) is 2.62. The third-order valence-electron chi connectivity index (χ3n) is 5.64. The molecule has 0 N–H and O–H groups in total. The third kappa shape index (κ3) is 3.86. The van der Waals surface area contributed by atoms with E-state index in [1.807, 2.05) is 29.7 Å². The van der Waals surface area contributed by atoms with Crippen LogP contribution in [0.4, 0.5) is 0 Å². The van der Waals surface area contributed by atoms with Crippen LogP contribution in [0.25, 0.3) is 10.2 Å². The molecule has 5 heteroatoms. The van der Waals surface area contributed by atoms with Gasteiger partial charge in [-0.15, -0.1) is 11.3 Å². The summed E-state index contributed by atoms with van der Waals surface area (Å²) >= 11 is 1.73. The SMILES string of the molecule is Cc1cccc(OCCCCn2c(C)nc3sc4c(c3c2=O)CCC(C)C4)c1. The first-order valence-electron chi connectivity index (χ1n) is 10.2. The van der Waals surface area contributed by atoms with Crippen molar-refractivity contribution in [2.75, 3.05) is 6.61 Å². The lowest BCUT2D eigenvalue weighted by atomic mass is 9.89. The number of unbranched alkanes of at least 4 members (excludes halogenated alkanes) is 1. The summed E-state index contributed by atoms with van der Waals surface area (Å²) in [6.07, 6.45) is 5.09. The molecular weight excluding hydrogens is 368 g/mol. The number of thiophene rings is 1. The van der Waals surface area contributed by atoms with Gasteiger partial charge in [0.15, 0.2) is 0 Å². The lowest BCUT2D eigenvalue weighted by Gasteiger charge is -2.17. The Balaban J connectivity index is 1.44. The Labute approximate surface area is 170 Å². The normalized spacial score (nSPS) is 16.3. The van der Waals surface area contributed by atoms with E-state index < -0.39 is 0 Å². The van der Waals surface area contributed by atoms with Crippen LogP contribution in [0.2, 0.25) is 0 Å². The average Bonchev–Trinajstić information content (AvgIpc) is 3.01.